The quantitative estimate of drug-likeness (QED) is 0.692. The lowest BCUT2D eigenvalue weighted by Crippen LogP contribution is -2.42. The van der Waals surface area contributed by atoms with Gasteiger partial charge in [0.2, 0.25) is 0 Å². The summed E-state index contributed by atoms with van der Waals surface area (Å²) < 4.78 is 1.41. The first-order valence-electron chi connectivity index (χ1n) is 8.03. The molecule has 0 atom stereocenters. The molecule has 1 aliphatic heterocycles. The zero-order valence-corrected chi connectivity index (χ0v) is 15.1. The van der Waals surface area contributed by atoms with Crippen LogP contribution in [0, 0.1) is 0 Å². The number of nitrogens with one attached hydrogen (secondary N) is 1. The zero-order valence-electron chi connectivity index (χ0n) is 13.6. The van der Waals surface area contributed by atoms with Crippen molar-refractivity contribution in [2.75, 3.05) is 11.9 Å². The van der Waals surface area contributed by atoms with E-state index in [-0.39, 0.29) is 18.1 Å². The average molecular weight is 389 g/mol. The fourth-order valence-electron chi connectivity index (χ4n) is 3.00. The van der Waals surface area contributed by atoms with Crippen LogP contribution in [0.5, 0.6) is 0 Å². The first-order valence-corrected chi connectivity index (χ1v) is 8.78. The number of para-hydroxylation sites is 1. The van der Waals surface area contributed by atoms with Gasteiger partial charge in [0.1, 0.15) is 5.65 Å². The number of fused-ring (bicyclic) bond motifs is 2. The molecule has 8 heteroatoms. The summed E-state index contributed by atoms with van der Waals surface area (Å²) in [6, 6.07) is 10.1. The summed E-state index contributed by atoms with van der Waals surface area (Å²) in [6.07, 6.45) is 2.05. The van der Waals surface area contributed by atoms with Gasteiger partial charge < -0.3 is 10.2 Å². The minimum atomic E-state index is -0.306. The van der Waals surface area contributed by atoms with Gasteiger partial charge in [-0.3, -0.25) is 9.20 Å². The van der Waals surface area contributed by atoms with Crippen molar-refractivity contribution in [1.82, 2.24) is 14.3 Å². The first kappa shape index (κ1) is 16.9. The summed E-state index contributed by atoms with van der Waals surface area (Å²) in [5.74, 6) is 0. The van der Waals surface area contributed by atoms with Crippen LogP contribution in [0.15, 0.2) is 47.4 Å². The fourth-order valence-corrected chi connectivity index (χ4v) is 3.35. The van der Waals surface area contributed by atoms with Crippen LogP contribution in [0.1, 0.15) is 11.3 Å². The van der Waals surface area contributed by atoms with Gasteiger partial charge in [-0.25, -0.2) is 9.78 Å². The molecule has 3 heterocycles. The Balaban J connectivity index is 1.64. The van der Waals surface area contributed by atoms with Crippen molar-refractivity contribution in [1.29, 1.82) is 0 Å². The molecule has 0 spiro atoms. The van der Waals surface area contributed by atoms with E-state index in [1.54, 1.807) is 41.3 Å². The standard InChI is InChI=1S/C18H14Cl2N4O2/c19-11-5-6-16-21-14-7-8-23(10-12(14)17(25)24(16)9-11)18(26)22-15-4-2-1-3-13(15)20/h1-6,9H,7-8,10H2,(H,22,26). The van der Waals surface area contributed by atoms with E-state index in [4.69, 9.17) is 23.2 Å². The topological polar surface area (TPSA) is 66.7 Å². The predicted octanol–water partition coefficient (Wildman–Crippen LogP) is 3.59. The monoisotopic (exact) mass is 388 g/mol. The number of anilines is 1. The van der Waals surface area contributed by atoms with Gasteiger partial charge in [-0.15, -0.1) is 0 Å². The molecule has 1 aliphatic rings. The van der Waals surface area contributed by atoms with Gasteiger partial charge in [-0.05, 0) is 24.3 Å². The number of nitrogens with zero attached hydrogens (tertiary/aromatic N) is 3. The van der Waals surface area contributed by atoms with Crippen molar-refractivity contribution in [3.8, 4) is 0 Å². The molecule has 0 radical (unpaired) electrons. The normalized spacial score (nSPS) is 13.5. The van der Waals surface area contributed by atoms with Crippen molar-refractivity contribution in [3.05, 3.63) is 74.3 Å². The van der Waals surface area contributed by atoms with Crippen molar-refractivity contribution in [2.45, 2.75) is 13.0 Å². The molecule has 0 unspecified atom stereocenters. The lowest BCUT2D eigenvalue weighted by molar-refractivity contribution is 0.205. The molecule has 132 valence electrons. The van der Waals surface area contributed by atoms with Crippen LogP contribution in [0.25, 0.3) is 5.65 Å². The maximum Gasteiger partial charge on any atom is 0.322 e. The fraction of sp³-hybridized carbons (Fsp3) is 0.167. The van der Waals surface area contributed by atoms with Gasteiger partial charge in [0.15, 0.2) is 0 Å². The SMILES string of the molecule is O=C(Nc1ccccc1Cl)N1CCc2nc3ccc(Cl)cn3c(=O)c2C1. The Labute approximate surface area is 159 Å². The molecule has 4 rings (SSSR count). The van der Waals surface area contributed by atoms with Gasteiger partial charge >= 0.3 is 6.03 Å². The van der Waals surface area contributed by atoms with Gasteiger partial charge in [0.05, 0.1) is 33.5 Å². The Kier molecular flexibility index (Phi) is 4.30. The molecule has 1 N–H and O–H groups in total. The molecule has 0 saturated carbocycles. The smallest absolute Gasteiger partial charge is 0.320 e. The number of aromatic nitrogens is 2. The third kappa shape index (κ3) is 3.02. The van der Waals surface area contributed by atoms with Gasteiger partial charge in [-0.2, -0.15) is 0 Å². The molecule has 26 heavy (non-hydrogen) atoms. The Bertz CT molecular complexity index is 1080. The molecule has 2 aromatic heterocycles. The van der Waals surface area contributed by atoms with Gasteiger partial charge in [-0.1, -0.05) is 35.3 Å². The Hall–Kier alpha value is -2.57. The number of pyridine rings is 1. The highest BCUT2D eigenvalue weighted by Gasteiger charge is 2.25. The molecule has 2 amide bonds. The van der Waals surface area contributed by atoms with E-state index in [1.807, 2.05) is 0 Å². The minimum Gasteiger partial charge on any atom is -0.320 e. The number of carbonyl (C=O) groups is 1. The molecule has 3 aromatic rings. The van der Waals surface area contributed by atoms with Crippen LogP contribution >= 0.6 is 23.2 Å². The number of amides is 2. The van der Waals surface area contributed by atoms with Crippen LogP contribution in [0.3, 0.4) is 0 Å². The number of urea groups is 1. The third-order valence-corrected chi connectivity index (χ3v) is 4.89. The number of halogens is 2. The highest BCUT2D eigenvalue weighted by molar-refractivity contribution is 6.33. The molecular formula is C18H14Cl2N4O2. The highest BCUT2D eigenvalue weighted by Crippen LogP contribution is 2.22. The Morgan fingerprint density at radius 2 is 1.96 bits per heavy atom. The van der Waals surface area contributed by atoms with Crippen molar-refractivity contribution >= 4 is 40.6 Å². The maximum atomic E-state index is 12.8. The van der Waals surface area contributed by atoms with Crippen molar-refractivity contribution < 1.29 is 4.79 Å². The highest BCUT2D eigenvalue weighted by atomic mass is 35.5. The van der Waals surface area contributed by atoms with Crippen LogP contribution in [-0.4, -0.2) is 26.9 Å². The molecule has 0 saturated heterocycles. The van der Waals surface area contributed by atoms with E-state index in [2.05, 4.69) is 10.3 Å². The number of benzene rings is 1. The summed E-state index contributed by atoms with van der Waals surface area (Å²) >= 11 is 12.1. The molecule has 0 bridgehead atoms. The lowest BCUT2D eigenvalue weighted by Gasteiger charge is -2.28. The van der Waals surface area contributed by atoms with E-state index >= 15 is 0 Å². The van der Waals surface area contributed by atoms with Gasteiger partial charge in [0.25, 0.3) is 5.56 Å². The second-order valence-electron chi connectivity index (χ2n) is 6.00. The summed E-state index contributed by atoms with van der Waals surface area (Å²) in [5.41, 5.74) is 2.10. The summed E-state index contributed by atoms with van der Waals surface area (Å²) in [7, 11) is 0. The molecule has 1 aromatic carbocycles. The molecule has 0 fully saturated rings. The van der Waals surface area contributed by atoms with Gasteiger partial charge in [0, 0.05) is 19.2 Å². The maximum absolute atomic E-state index is 12.8. The van der Waals surface area contributed by atoms with Crippen LogP contribution in [0.2, 0.25) is 10.0 Å². The summed E-state index contributed by atoms with van der Waals surface area (Å²) in [5, 5.41) is 3.69. The van der Waals surface area contributed by atoms with E-state index in [0.29, 0.717) is 39.9 Å². The van der Waals surface area contributed by atoms with Crippen LogP contribution in [0.4, 0.5) is 10.5 Å². The van der Waals surface area contributed by atoms with E-state index in [9.17, 15) is 9.59 Å². The lowest BCUT2D eigenvalue weighted by atomic mass is 10.1. The molecule has 0 aliphatic carbocycles. The second-order valence-corrected chi connectivity index (χ2v) is 6.84. The Morgan fingerprint density at radius 1 is 1.15 bits per heavy atom. The third-order valence-electron chi connectivity index (χ3n) is 4.34. The van der Waals surface area contributed by atoms with Crippen molar-refractivity contribution in [3.63, 3.8) is 0 Å². The summed E-state index contributed by atoms with van der Waals surface area (Å²) in [6.45, 7) is 0.659. The summed E-state index contributed by atoms with van der Waals surface area (Å²) in [4.78, 5) is 31.5. The molecule has 6 nitrogen and oxygen atoms in total. The van der Waals surface area contributed by atoms with E-state index in [0.717, 1.165) is 5.69 Å². The number of carbonyl (C=O) groups excluding carboxylic acids is 1. The zero-order chi connectivity index (χ0) is 18.3. The van der Waals surface area contributed by atoms with Crippen LogP contribution in [-0.2, 0) is 13.0 Å². The predicted molar refractivity (Wildman–Crippen MR) is 101 cm³/mol. The second kappa shape index (κ2) is 6.63. The minimum absolute atomic E-state index is 0.187. The number of hydrogen-bond acceptors (Lipinski definition) is 3. The number of rotatable bonds is 1. The van der Waals surface area contributed by atoms with Crippen LogP contribution < -0.4 is 10.9 Å². The average Bonchev–Trinajstić information content (AvgIpc) is 2.64. The van der Waals surface area contributed by atoms with E-state index < -0.39 is 0 Å². The molecular weight excluding hydrogens is 375 g/mol. The largest absolute Gasteiger partial charge is 0.322 e. The van der Waals surface area contributed by atoms with E-state index in [1.165, 1.54) is 10.6 Å². The van der Waals surface area contributed by atoms with Crippen molar-refractivity contribution in [2.24, 2.45) is 0 Å². The Morgan fingerprint density at radius 3 is 2.77 bits per heavy atom. The first-order chi connectivity index (χ1) is 12.5. The number of hydrogen-bond donors (Lipinski definition) is 1.